The van der Waals surface area contributed by atoms with Gasteiger partial charge >= 0.3 is 0 Å². The molecule has 0 spiro atoms. The lowest BCUT2D eigenvalue weighted by molar-refractivity contribution is -0.130. The lowest BCUT2D eigenvalue weighted by Crippen LogP contribution is -2.44. The molecule has 2 N–H and O–H groups in total. The first kappa shape index (κ1) is 13.6. The summed E-state index contributed by atoms with van der Waals surface area (Å²) in [6.45, 7) is 3.50. The van der Waals surface area contributed by atoms with Crippen molar-refractivity contribution in [2.24, 2.45) is 5.92 Å². The SMILES string of the molecule is CC(C)C(=O)NNC(=O)Cc1ccc(Br)cn1. The number of hydrogen-bond acceptors (Lipinski definition) is 3. The van der Waals surface area contributed by atoms with Gasteiger partial charge in [-0.25, -0.2) is 0 Å². The zero-order valence-corrected chi connectivity index (χ0v) is 11.2. The van der Waals surface area contributed by atoms with Crippen LogP contribution in [0.3, 0.4) is 0 Å². The maximum Gasteiger partial charge on any atom is 0.244 e. The Hall–Kier alpha value is -1.43. The minimum Gasteiger partial charge on any atom is -0.273 e. The molecular formula is C11H14BrN3O2. The van der Waals surface area contributed by atoms with Crippen LogP contribution in [0.25, 0.3) is 0 Å². The summed E-state index contributed by atoms with van der Waals surface area (Å²) < 4.78 is 0.856. The highest BCUT2D eigenvalue weighted by Crippen LogP contribution is 2.07. The number of carbonyl (C=O) groups excluding carboxylic acids is 2. The minimum absolute atomic E-state index is 0.131. The van der Waals surface area contributed by atoms with E-state index in [1.165, 1.54) is 0 Å². The first-order valence-corrected chi connectivity index (χ1v) is 5.97. The van der Waals surface area contributed by atoms with Crippen LogP contribution in [0, 0.1) is 5.92 Å². The van der Waals surface area contributed by atoms with Crippen molar-refractivity contribution in [3.05, 3.63) is 28.5 Å². The van der Waals surface area contributed by atoms with Gasteiger partial charge in [0.1, 0.15) is 0 Å². The number of nitrogens with zero attached hydrogens (tertiary/aromatic N) is 1. The summed E-state index contributed by atoms with van der Waals surface area (Å²) in [5.74, 6) is -0.683. The lowest BCUT2D eigenvalue weighted by Gasteiger charge is -2.08. The van der Waals surface area contributed by atoms with E-state index in [4.69, 9.17) is 0 Å². The number of nitrogens with one attached hydrogen (secondary N) is 2. The van der Waals surface area contributed by atoms with Crippen molar-refractivity contribution in [2.45, 2.75) is 20.3 Å². The average molecular weight is 300 g/mol. The molecule has 2 amide bonds. The molecule has 1 aromatic heterocycles. The maximum atomic E-state index is 11.4. The second-order valence-electron chi connectivity index (χ2n) is 3.84. The number of hydrazine groups is 1. The van der Waals surface area contributed by atoms with Crippen molar-refractivity contribution in [3.63, 3.8) is 0 Å². The molecule has 1 rings (SSSR count). The quantitative estimate of drug-likeness (QED) is 0.824. The van der Waals surface area contributed by atoms with Crippen LogP contribution in [-0.2, 0) is 16.0 Å². The highest BCUT2D eigenvalue weighted by molar-refractivity contribution is 9.10. The first-order valence-electron chi connectivity index (χ1n) is 5.18. The molecule has 0 radical (unpaired) electrons. The summed E-state index contributed by atoms with van der Waals surface area (Å²) in [6.07, 6.45) is 1.75. The molecule has 6 heteroatoms. The van der Waals surface area contributed by atoms with Gasteiger partial charge in [0.05, 0.1) is 6.42 Å². The molecule has 1 aromatic rings. The van der Waals surface area contributed by atoms with E-state index in [-0.39, 0.29) is 24.2 Å². The van der Waals surface area contributed by atoms with Crippen molar-refractivity contribution >= 4 is 27.7 Å². The summed E-state index contributed by atoms with van der Waals surface area (Å²) in [4.78, 5) is 26.7. The van der Waals surface area contributed by atoms with E-state index in [2.05, 4.69) is 31.8 Å². The van der Waals surface area contributed by atoms with Crippen molar-refractivity contribution in [1.29, 1.82) is 0 Å². The van der Waals surface area contributed by atoms with Gasteiger partial charge in [0, 0.05) is 22.3 Å². The summed E-state index contributed by atoms with van der Waals surface area (Å²) >= 11 is 3.26. The van der Waals surface area contributed by atoms with Crippen molar-refractivity contribution in [3.8, 4) is 0 Å². The van der Waals surface area contributed by atoms with Crippen LogP contribution in [0.2, 0.25) is 0 Å². The van der Waals surface area contributed by atoms with Crippen LogP contribution < -0.4 is 10.9 Å². The summed E-state index contributed by atoms with van der Waals surface area (Å²) in [5, 5.41) is 0. The molecule has 5 nitrogen and oxygen atoms in total. The molecule has 92 valence electrons. The number of halogens is 1. The fraction of sp³-hybridized carbons (Fsp3) is 0.364. The molecule has 0 saturated heterocycles. The minimum atomic E-state index is -0.297. The fourth-order valence-corrected chi connectivity index (χ4v) is 1.23. The number of aromatic nitrogens is 1. The lowest BCUT2D eigenvalue weighted by atomic mass is 10.2. The summed E-state index contributed by atoms with van der Waals surface area (Å²) in [5.41, 5.74) is 5.32. The van der Waals surface area contributed by atoms with E-state index in [9.17, 15) is 9.59 Å². The summed E-state index contributed by atoms with van der Waals surface area (Å²) in [7, 11) is 0. The summed E-state index contributed by atoms with van der Waals surface area (Å²) in [6, 6.07) is 3.55. The Morgan fingerprint density at radius 1 is 1.35 bits per heavy atom. The van der Waals surface area contributed by atoms with E-state index in [1.807, 2.05) is 6.07 Å². The number of pyridine rings is 1. The smallest absolute Gasteiger partial charge is 0.244 e. The zero-order chi connectivity index (χ0) is 12.8. The Labute approximate surface area is 108 Å². The Bertz CT molecular complexity index is 404. The van der Waals surface area contributed by atoms with Crippen LogP contribution in [0.5, 0.6) is 0 Å². The van der Waals surface area contributed by atoms with Crippen molar-refractivity contribution in [2.75, 3.05) is 0 Å². The molecule has 0 aliphatic heterocycles. The maximum absolute atomic E-state index is 11.4. The van der Waals surface area contributed by atoms with Gasteiger partial charge in [-0.15, -0.1) is 0 Å². The molecule has 0 bridgehead atoms. The van der Waals surface area contributed by atoms with Gasteiger partial charge < -0.3 is 0 Å². The van der Waals surface area contributed by atoms with Crippen LogP contribution in [0.15, 0.2) is 22.8 Å². The molecule has 0 aliphatic rings. The molecule has 0 atom stereocenters. The van der Waals surface area contributed by atoms with Crippen molar-refractivity contribution in [1.82, 2.24) is 15.8 Å². The molecule has 0 unspecified atom stereocenters. The van der Waals surface area contributed by atoms with E-state index < -0.39 is 0 Å². The largest absolute Gasteiger partial charge is 0.273 e. The van der Waals surface area contributed by atoms with Gasteiger partial charge in [-0.3, -0.25) is 25.4 Å². The van der Waals surface area contributed by atoms with E-state index in [0.29, 0.717) is 5.69 Å². The zero-order valence-electron chi connectivity index (χ0n) is 9.66. The predicted octanol–water partition coefficient (Wildman–Crippen LogP) is 1.19. The Morgan fingerprint density at radius 2 is 2.06 bits per heavy atom. The second kappa shape index (κ2) is 6.34. The highest BCUT2D eigenvalue weighted by atomic mass is 79.9. The standard InChI is InChI=1S/C11H14BrN3O2/c1-7(2)11(17)15-14-10(16)5-9-4-3-8(12)6-13-9/h3-4,6-7H,5H2,1-2H3,(H,14,16)(H,15,17). The highest BCUT2D eigenvalue weighted by Gasteiger charge is 2.09. The van der Waals surface area contributed by atoms with E-state index >= 15 is 0 Å². The Kier molecular flexibility index (Phi) is 5.09. The molecule has 17 heavy (non-hydrogen) atoms. The Balaban J connectivity index is 2.40. The molecule has 1 heterocycles. The molecule has 0 saturated carbocycles. The van der Waals surface area contributed by atoms with Crippen LogP contribution in [-0.4, -0.2) is 16.8 Å². The van der Waals surface area contributed by atoms with Gasteiger partial charge in [0.25, 0.3) is 0 Å². The van der Waals surface area contributed by atoms with Crippen LogP contribution >= 0.6 is 15.9 Å². The third kappa shape index (κ3) is 4.95. The van der Waals surface area contributed by atoms with Crippen LogP contribution in [0.4, 0.5) is 0 Å². The molecular weight excluding hydrogens is 286 g/mol. The Morgan fingerprint density at radius 3 is 2.59 bits per heavy atom. The first-order chi connectivity index (χ1) is 7.99. The third-order valence-electron chi connectivity index (χ3n) is 1.98. The second-order valence-corrected chi connectivity index (χ2v) is 4.75. The molecule has 0 fully saturated rings. The van der Waals surface area contributed by atoms with Gasteiger partial charge in [-0.1, -0.05) is 13.8 Å². The average Bonchev–Trinajstić information content (AvgIpc) is 2.29. The van der Waals surface area contributed by atoms with Crippen LogP contribution in [0.1, 0.15) is 19.5 Å². The third-order valence-corrected chi connectivity index (χ3v) is 2.45. The van der Waals surface area contributed by atoms with Gasteiger partial charge in [-0.2, -0.15) is 0 Å². The molecule has 0 aliphatic carbocycles. The van der Waals surface area contributed by atoms with Gasteiger partial charge in [0.15, 0.2) is 0 Å². The predicted molar refractivity (Wildman–Crippen MR) is 66.8 cm³/mol. The number of hydrogen-bond donors (Lipinski definition) is 2. The molecule has 0 aromatic carbocycles. The van der Waals surface area contributed by atoms with Crippen molar-refractivity contribution < 1.29 is 9.59 Å². The van der Waals surface area contributed by atoms with E-state index in [1.54, 1.807) is 26.1 Å². The normalized spacial score (nSPS) is 10.1. The number of rotatable bonds is 3. The monoisotopic (exact) mass is 299 g/mol. The fourth-order valence-electron chi connectivity index (χ4n) is 0.995. The topological polar surface area (TPSA) is 71.1 Å². The number of amides is 2. The number of carbonyl (C=O) groups is 2. The van der Waals surface area contributed by atoms with Gasteiger partial charge in [-0.05, 0) is 28.1 Å². The van der Waals surface area contributed by atoms with Gasteiger partial charge in [0.2, 0.25) is 11.8 Å². The van der Waals surface area contributed by atoms with E-state index in [0.717, 1.165) is 4.47 Å².